The standard InChI is InChI=1S/C16H17ClN2O4S2/c17-13-3-1-4-14(11-13)23-12-15(20)18-6-8-19(9-7-18)25(21,22)16-5-2-10-24-16/h1-5,10-11H,6-9,12H2. The third kappa shape index (κ3) is 4.33. The van der Waals surface area contributed by atoms with Gasteiger partial charge in [-0.05, 0) is 29.6 Å². The van der Waals surface area contributed by atoms with Gasteiger partial charge < -0.3 is 9.64 Å². The van der Waals surface area contributed by atoms with E-state index in [0.29, 0.717) is 28.1 Å². The molecule has 2 heterocycles. The third-order valence-electron chi connectivity index (χ3n) is 3.84. The molecule has 6 nitrogen and oxygen atoms in total. The smallest absolute Gasteiger partial charge is 0.260 e. The summed E-state index contributed by atoms with van der Waals surface area (Å²) in [6, 6.07) is 10.1. The van der Waals surface area contributed by atoms with Crippen LogP contribution in [0.2, 0.25) is 5.02 Å². The van der Waals surface area contributed by atoms with Crippen LogP contribution in [0.5, 0.6) is 5.75 Å². The molecule has 2 aromatic rings. The number of piperazine rings is 1. The summed E-state index contributed by atoms with van der Waals surface area (Å²) in [7, 11) is -3.46. The number of ether oxygens (including phenoxy) is 1. The molecule has 1 aliphatic heterocycles. The Morgan fingerprint density at radius 2 is 1.92 bits per heavy atom. The minimum absolute atomic E-state index is 0.0992. The van der Waals surface area contributed by atoms with Gasteiger partial charge in [-0.25, -0.2) is 8.42 Å². The number of benzene rings is 1. The summed E-state index contributed by atoms with van der Waals surface area (Å²) in [6.45, 7) is 1.16. The Balaban J connectivity index is 1.52. The van der Waals surface area contributed by atoms with Gasteiger partial charge in [-0.3, -0.25) is 4.79 Å². The second-order valence-corrected chi connectivity index (χ2v) is 9.01. The largest absolute Gasteiger partial charge is 0.484 e. The molecule has 0 N–H and O–H groups in total. The van der Waals surface area contributed by atoms with Crippen molar-refractivity contribution in [3.8, 4) is 5.75 Å². The van der Waals surface area contributed by atoms with Crippen LogP contribution in [0.3, 0.4) is 0 Å². The van der Waals surface area contributed by atoms with Crippen molar-refractivity contribution in [1.82, 2.24) is 9.21 Å². The summed E-state index contributed by atoms with van der Waals surface area (Å²) < 4.78 is 32.1. The van der Waals surface area contributed by atoms with E-state index in [1.165, 1.54) is 15.6 Å². The summed E-state index contributed by atoms with van der Waals surface area (Å²) in [4.78, 5) is 13.9. The molecule has 0 saturated carbocycles. The van der Waals surface area contributed by atoms with Gasteiger partial charge in [-0.15, -0.1) is 11.3 Å². The highest BCUT2D eigenvalue weighted by atomic mass is 35.5. The lowest BCUT2D eigenvalue weighted by atomic mass is 10.3. The molecule has 1 aliphatic rings. The van der Waals surface area contributed by atoms with Crippen molar-refractivity contribution in [2.75, 3.05) is 32.8 Å². The van der Waals surface area contributed by atoms with Crippen LogP contribution < -0.4 is 4.74 Å². The maximum absolute atomic E-state index is 12.5. The Morgan fingerprint density at radius 3 is 2.56 bits per heavy atom. The van der Waals surface area contributed by atoms with Crippen LogP contribution in [0.15, 0.2) is 46.0 Å². The fraction of sp³-hybridized carbons (Fsp3) is 0.312. The van der Waals surface area contributed by atoms with E-state index in [-0.39, 0.29) is 25.6 Å². The van der Waals surface area contributed by atoms with E-state index in [1.807, 2.05) is 0 Å². The minimum atomic E-state index is -3.46. The predicted molar refractivity (Wildman–Crippen MR) is 96.6 cm³/mol. The number of carbonyl (C=O) groups excluding carboxylic acids is 1. The van der Waals surface area contributed by atoms with Gasteiger partial charge in [0, 0.05) is 31.2 Å². The molecular formula is C16H17ClN2O4S2. The van der Waals surface area contributed by atoms with E-state index in [0.717, 1.165) is 0 Å². The quantitative estimate of drug-likeness (QED) is 0.772. The van der Waals surface area contributed by atoms with Crippen LogP contribution in [-0.4, -0.2) is 56.3 Å². The molecule has 0 atom stereocenters. The van der Waals surface area contributed by atoms with Crippen molar-refractivity contribution in [3.05, 3.63) is 46.8 Å². The zero-order valence-electron chi connectivity index (χ0n) is 13.3. The van der Waals surface area contributed by atoms with Gasteiger partial charge >= 0.3 is 0 Å². The molecule has 0 aliphatic carbocycles. The number of nitrogens with zero attached hydrogens (tertiary/aromatic N) is 2. The van der Waals surface area contributed by atoms with E-state index in [1.54, 1.807) is 46.7 Å². The SMILES string of the molecule is O=C(COc1cccc(Cl)c1)N1CCN(S(=O)(=O)c2cccs2)CC1. The zero-order chi connectivity index (χ0) is 17.9. The molecule has 9 heteroatoms. The normalized spacial score (nSPS) is 16.0. The summed E-state index contributed by atoms with van der Waals surface area (Å²) in [6.07, 6.45) is 0. The molecule has 1 fully saturated rings. The Hall–Kier alpha value is -1.61. The van der Waals surface area contributed by atoms with Crippen molar-refractivity contribution in [3.63, 3.8) is 0 Å². The molecule has 25 heavy (non-hydrogen) atoms. The van der Waals surface area contributed by atoms with Crippen molar-refractivity contribution in [2.24, 2.45) is 0 Å². The average molecular weight is 401 g/mol. The number of amides is 1. The lowest BCUT2D eigenvalue weighted by molar-refractivity contribution is -0.134. The summed E-state index contributed by atoms with van der Waals surface area (Å²) in [5.74, 6) is 0.355. The van der Waals surface area contributed by atoms with Gasteiger partial charge in [0.2, 0.25) is 0 Å². The first-order valence-electron chi connectivity index (χ1n) is 7.66. The average Bonchev–Trinajstić information content (AvgIpc) is 3.15. The lowest BCUT2D eigenvalue weighted by Crippen LogP contribution is -2.51. The monoisotopic (exact) mass is 400 g/mol. The van der Waals surface area contributed by atoms with Crippen molar-refractivity contribution >= 4 is 38.9 Å². The van der Waals surface area contributed by atoms with E-state index in [9.17, 15) is 13.2 Å². The molecule has 134 valence electrons. The zero-order valence-corrected chi connectivity index (χ0v) is 15.7. The summed E-state index contributed by atoms with van der Waals surface area (Å²) in [5.41, 5.74) is 0. The topological polar surface area (TPSA) is 66.9 Å². The first-order valence-corrected chi connectivity index (χ1v) is 10.4. The highest BCUT2D eigenvalue weighted by Crippen LogP contribution is 2.22. The molecule has 1 aromatic carbocycles. The Morgan fingerprint density at radius 1 is 1.16 bits per heavy atom. The first-order chi connectivity index (χ1) is 12.0. The fourth-order valence-corrected chi connectivity index (χ4v) is 5.26. The number of sulfonamides is 1. The van der Waals surface area contributed by atoms with Gasteiger partial charge in [0.1, 0.15) is 9.96 Å². The van der Waals surface area contributed by atoms with Gasteiger partial charge in [0.15, 0.2) is 6.61 Å². The van der Waals surface area contributed by atoms with Crippen LogP contribution in [0.4, 0.5) is 0 Å². The van der Waals surface area contributed by atoms with Gasteiger partial charge in [0.25, 0.3) is 15.9 Å². The van der Waals surface area contributed by atoms with Crippen LogP contribution in [0.1, 0.15) is 0 Å². The molecular weight excluding hydrogens is 384 g/mol. The predicted octanol–water partition coefficient (Wildman–Crippen LogP) is 2.31. The molecule has 3 rings (SSSR count). The third-order valence-corrected chi connectivity index (χ3v) is 7.35. The van der Waals surface area contributed by atoms with E-state index in [2.05, 4.69) is 0 Å². The highest BCUT2D eigenvalue weighted by Gasteiger charge is 2.30. The number of halogens is 1. The van der Waals surface area contributed by atoms with E-state index < -0.39 is 10.0 Å². The van der Waals surface area contributed by atoms with Gasteiger partial charge in [-0.1, -0.05) is 23.7 Å². The second kappa shape index (κ2) is 7.74. The van der Waals surface area contributed by atoms with Crippen molar-refractivity contribution in [1.29, 1.82) is 0 Å². The molecule has 0 unspecified atom stereocenters. The van der Waals surface area contributed by atoms with E-state index in [4.69, 9.17) is 16.3 Å². The Bertz CT molecular complexity index is 832. The summed E-state index contributed by atoms with van der Waals surface area (Å²) in [5, 5.41) is 2.28. The van der Waals surface area contributed by atoms with Crippen molar-refractivity contribution < 1.29 is 17.9 Å². The maximum atomic E-state index is 12.5. The molecule has 1 saturated heterocycles. The number of hydrogen-bond donors (Lipinski definition) is 0. The highest BCUT2D eigenvalue weighted by molar-refractivity contribution is 7.91. The number of rotatable bonds is 5. The second-order valence-electron chi connectivity index (χ2n) is 5.46. The number of carbonyl (C=O) groups is 1. The molecule has 0 radical (unpaired) electrons. The lowest BCUT2D eigenvalue weighted by Gasteiger charge is -2.33. The van der Waals surface area contributed by atoms with Crippen LogP contribution in [0.25, 0.3) is 0 Å². The first kappa shape index (κ1) is 18.2. The van der Waals surface area contributed by atoms with Gasteiger partial charge in [0.05, 0.1) is 0 Å². The molecule has 0 spiro atoms. The maximum Gasteiger partial charge on any atom is 0.260 e. The minimum Gasteiger partial charge on any atom is -0.484 e. The number of hydrogen-bond acceptors (Lipinski definition) is 5. The Labute approximate surface area is 155 Å². The van der Waals surface area contributed by atoms with Crippen LogP contribution >= 0.6 is 22.9 Å². The molecule has 1 amide bonds. The Kier molecular flexibility index (Phi) is 5.63. The van der Waals surface area contributed by atoms with Gasteiger partial charge in [-0.2, -0.15) is 4.31 Å². The van der Waals surface area contributed by atoms with Crippen LogP contribution in [-0.2, 0) is 14.8 Å². The van der Waals surface area contributed by atoms with E-state index >= 15 is 0 Å². The van der Waals surface area contributed by atoms with Crippen molar-refractivity contribution in [2.45, 2.75) is 4.21 Å². The fourth-order valence-electron chi connectivity index (χ4n) is 2.51. The summed E-state index contributed by atoms with van der Waals surface area (Å²) >= 11 is 7.07. The molecule has 1 aromatic heterocycles. The van der Waals surface area contributed by atoms with Crippen LogP contribution in [0, 0.1) is 0 Å². The molecule has 0 bridgehead atoms. The number of thiophene rings is 1.